The Hall–Kier alpha value is -4.93. The molecule has 1 aliphatic heterocycles. The van der Waals surface area contributed by atoms with Crippen LogP contribution in [0.4, 0.5) is 16.2 Å². The Morgan fingerprint density at radius 3 is 2.47 bits per heavy atom. The molecule has 0 unspecified atom stereocenters. The molecule has 45 heavy (non-hydrogen) atoms. The summed E-state index contributed by atoms with van der Waals surface area (Å²) in [6, 6.07) is 11.4. The number of nitrogens with zero attached hydrogens (tertiary/aromatic N) is 2. The van der Waals surface area contributed by atoms with E-state index < -0.39 is 55.2 Å². The topological polar surface area (TPSA) is 189 Å². The summed E-state index contributed by atoms with van der Waals surface area (Å²) in [5.74, 6) is -2.49. The largest absolute Gasteiger partial charge is 0.493 e. The molecule has 3 amide bonds. The SMILES string of the molecule is COC(=O)c1cc(NC(=O)CN2C(=O)S/C(=C\c3ccc(OS(=O)(=O)c4ccc(C)c([N+](=O)[O-])c4)c(OC)c3)C2=O)ccc1Cl. The zero-order chi connectivity index (χ0) is 33.1. The van der Waals surface area contributed by atoms with Gasteiger partial charge in [0, 0.05) is 17.3 Å². The number of amides is 3. The maximum absolute atomic E-state index is 13.0. The second-order valence-electron chi connectivity index (χ2n) is 9.16. The summed E-state index contributed by atoms with van der Waals surface area (Å²) in [6.07, 6.45) is 1.34. The molecule has 17 heteroatoms. The van der Waals surface area contributed by atoms with Crippen LogP contribution in [0, 0.1) is 17.0 Å². The summed E-state index contributed by atoms with van der Waals surface area (Å²) >= 11 is 6.57. The first kappa shape index (κ1) is 33.0. The lowest BCUT2D eigenvalue weighted by atomic mass is 10.2. The van der Waals surface area contributed by atoms with E-state index >= 15 is 0 Å². The highest BCUT2D eigenvalue weighted by Gasteiger charge is 2.36. The van der Waals surface area contributed by atoms with Gasteiger partial charge in [-0.3, -0.25) is 29.4 Å². The van der Waals surface area contributed by atoms with Crippen molar-refractivity contribution in [3.8, 4) is 11.5 Å². The summed E-state index contributed by atoms with van der Waals surface area (Å²) in [6.45, 7) is 0.842. The smallest absolute Gasteiger partial charge is 0.339 e. The van der Waals surface area contributed by atoms with Gasteiger partial charge in [0.1, 0.15) is 11.4 Å². The number of thioether (sulfide) groups is 1. The van der Waals surface area contributed by atoms with Gasteiger partial charge in [-0.1, -0.05) is 23.7 Å². The number of ether oxygens (including phenoxy) is 2. The Morgan fingerprint density at radius 1 is 1.07 bits per heavy atom. The molecule has 0 bridgehead atoms. The number of carbonyl (C=O) groups excluding carboxylic acids is 4. The number of esters is 1. The van der Waals surface area contributed by atoms with Gasteiger partial charge in [-0.05, 0) is 66.7 Å². The van der Waals surface area contributed by atoms with Gasteiger partial charge in [-0.2, -0.15) is 8.42 Å². The van der Waals surface area contributed by atoms with Crippen molar-refractivity contribution in [2.75, 3.05) is 26.1 Å². The monoisotopic (exact) mass is 675 g/mol. The zero-order valence-corrected chi connectivity index (χ0v) is 25.9. The number of hydrogen-bond donors (Lipinski definition) is 1. The standard InChI is InChI=1S/C28H22ClN3O11S2/c1-15-4-7-18(13-21(15)32(37)38)45(39,40)43-22-9-5-16(10-23(22)41-2)11-24-26(34)31(28(36)44-24)14-25(33)30-17-6-8-20(29)19(12-17)27(35)42-3/h4-13H,14H2,1-3H3,(H,30,33)/b24-11-. The molecular weight excluding hydrogens is 654 g/mol. The van der Waals surface area contributed by atoms with Gasteiger partial charge in [-0.15, -0.1) is 0 Å². The highest BCUT2D eigenvalue weighted by atomic mass is 35.5. The third-order valence-electron chi connectivity index (χ3n) is 6.18. The van der Waals surface area contributed by atoms with Crippen molar-refractivity contribution in [2.24, 2.45) is 0 Å². The third kappa shape index (κ3) is 7.42. The third-order valence-corrected chi connectivity index (χ3v) is 8.65. The number of nitro benzene ring substituents is 1. The molecule has 4 rings (SSSR count). The summed E-state index contributed by atoms with van der Waals surface area (Å²) in [4.78, 5) is 60.8. The first-order valence-electron chi connectivity index (χ1n) is 12.5. The van der Waals surface area contributed by atoms with E-state index in [2.05, 4.69) is 10.1 Å². The molecule has 0 radical (unpaired) electrons. The predicted octanol–water partition coefficient (Wildman–Crippen LogP) is 4.79. The second kappa shape index (κ2) is 13.4. The summed E-state index contributed by atoms with van der Waals surface area (Å²) < 4.78 is 40.8. The number of hydrogen-bond acceptors (Lipinski definition) is 12. The first-order valence-corrected chi connectivity index (χ1v) is 15.1. The maximum atomic E-state index is 13.0. The van der Waals surface area contributed by atoms with Gasteiger partial charge in [0.15, 0.2) is 11.5 Å². The van der Waals surface area contributed by atoms with Crippen LogP contribution >= 0.6 is 23.4 Å². The number of carbonyl (C=O) groups is 4. The molecule has 1 heterocycles. The van der Waals surface area contributed by atoms with Crippen molar-refractivity contribution in [3.63, 3.8) is 0 Å². The molecular formula is C28H22ClN3O11S2. The van der Waals surface area contributed by atoms with E-state index in [9.17, 15) is 37.7 Å². The predicted molar refractivity (Wildman–Crippen MR) is 163 cm³/mol. The molecule has 3 aromatic carbocycles. The van der Waals surface area contributed by atoms with E-state index in [4.69, 9.17) is 20.5 Å². The Labute approximate surface area is 265 Å². The number of nitrogens with one attached hydrogen (secondary N) is 1. The lowest BCUT2D eigenvalue weighted by molar-refractivity contribution is -0.385. The quantitative estimate of drug-likeness (QED) is 0.102. The highest BCUT2D eigenvalue weighted by molar-refractivity contribution is 8.18. The van der Waals surface area contributed by atoms with Crippen molar-refractivity contribution < 1.29 is 46.2 Å². The minimum absolute atomic E-state index is 0.00892. The van der Waals surface area contributed by atoms with Crippen molar-refractivity contribution >= 4 is 74.0 Å². The van der Waals surface area contributed by atoms with Gasteiger partial charge < -0.3 is 19.0 Å². The average molecular weight is 676 g/mol. The Balaban J connectivity index is 1.49. The van der Waals surface area contributed by atoms with Gasteiger partial charge in [0.05, 0.1) is 34.6 Å². The van der Waals surface area contributed by atoms with Crippen molar-refractivity contribution in [1.82, 2.24) is 4.90 Å². The van der Waals surface area contributed by atoms with E-state index in [0.29, 0.717) is 17.3 Å². The van der Waals surface area contributed by atoms with Crippen molar-refractivity contribution in [2.45, 2.75) is 11.8 Å². The van der Waals surface area contributed by atoms with Gasteiger partial charge in [-0.25, -0.2) is 4.79 Å². The summed E-state index contributed by atoms with van der Waals surface area (Å²) in [5.41, 5.74) is 0.390. The van der Waals surface area contributed by atoms with Crippen LogP contribution in [0.25, 0.3) is 6.08 Å². The number of nitro groups is 1. The average Bonchev–Trinajstić information content (AvgIpc) is 3.25. The van der Waals surface area contributed by atoms with Gasteiger partial charge >= 0.3 is 16.1 Å². The maximum Gasteiger partial charge on any atom is 0.339 e. The molecule has 0 aliphatic carbocycles. The van der Waals surface area contributed by atoms with Crippen LogP contribution in [-0.2, 0) is 24.4 Å². The number of benzene rings is 3. The molecule has 3 aromatic rings. The fourth-order valence-electron chi connectivity index (χ4n) is 3.95. The minimum Gasteiger partial charge on any atom is -0.493 e. The minimum atomic E-state index is -4.50. The number of rotatable bonds is 10. The first-order chi connectivity index (χ1) is 21.2. The number of halogens is 1. The van der Waals surface area contributed by atoms with Crippen LogP contribution < -0.4 is 14.2 Å². The van der Waals surface area contributed by atoms with Crippen LogP contribution in [0.15, 0.2) is 64.4 Å². The molecule has 0 atom stereocenters. The molecule has 0 aromatic heterocycles. The van der Waals surface area contributed by atoms with E-state index in [0.717, 1.165) is 11.0 Å². The Morgan fingerprint density at radius 2 is 1.80 bits per heavy atom. The van der Waals surface area contributed by atoms with E-state index in [1.54, 1.807) is 0 Å². The molecule has 1 saturated heterocycles. The van der Waals surface area contributed by atoms with Crippen LogP contribution in [0.1, 0.15) is 21.5 Å². The Kier molecular flexibility index (Phi) is 9.80. The number of aryl methyl sites for hydroxylation is 1. The number of imide groups is 1. The molecule has 234 valence electrons. The number of methoxy groups -OCH3 is 2. The fraction of sp³-hybridized carbons (Fsp3) is 0.143. The lowest BCUT2D eigenvalue weighted by Gasteiger charge is -2.13. The van der Waals surface area contributed by atoms with Crippen molar-refractivity contribution in [3.05, 3.63) is 91.3 Å². The molecule has 0 spiro atoms. The lowest BCUT2D eigenvalue weighted by Crippen LogP contribution is -2.36. The fourth-order valence-corrected chi connectivity index (χ4v) is 5.95. The van der Waals surface area contributed by atoms with Crippen LogP contribution in [0.2, 0.25) is 5.02 Å². The van der Waals surface area contributed by atoms with Crippen LogP contribution in [0.3, 0.4) is 0 Å². The number of anilines is 1. The van der Waals surface area contributed by atoms with Crippen molar-refractivity contribution in [1.29, 1.82) is 0 Å². The molecule has 14 nitrogen and oxygen atoms in total. The highest BCUT2D eigenvalue weighted by Crippen LogP contribution is 2.36. The summed E-state index contributed by atoms with van der Waals surface area (Å²) in [5, 5.41) is 13.1. The summed E-state index contributed by atoms with van der Waals surface area (Å²) in [7, 11) is -2.08. The van der Waals surface area contributed by atoms with E-state index in [1.807, 2.05) is 0 Å². The zero-order valence-electron chi connectivity index (χ0n) is 23.6. The normalized spacial score (nSPS) is 14.0. The van der Waals surface area contributed by atoms with Crippen LogP contribution in [-0.4, -0.2) is 62.0 Å². The second-order valence-corrected chi connectivity index (χ2v) is 12.1. The van der Waals surface area contributed by atoms with Gasteiger partial charge in [0.2, 0.25) is 5.91 Å². The molecule has 0 saturated carbocycles. The van der Waals surface area contributed by atoms with Crippen LogP contribution in [0.5, 0.6) is 11.5 Å². The van der Waals surface area contributed by atoms with Gasteiger partial charge in [0.25, 0.3) is 16.8 Å². The molecule has 1 fully saturated rings. The van der Waals surface area contributed by atoms with E-state index in [1.165, 1.54) is 75.8 Å². The van der Waals surface area contributed by atoms with E-state index in [-0.39, 0.29) is 38.2 Å². The molecule has 1 N–H and O–H groups in total. The Bertz CT molecular complexity index is 1890. The molecule has 1 aliphatic rings.